The molecule has 0 radical (unpaired) electrons. The standard InChI is InChI=1S/C12H21N3O8S2/c13-6(10(17)18)1-2-9(16)15-8(12(21)22)3-24-5-25(23)4-7(14)11(19)20/h6-8H,1-5,13-14H2,(H,15,16)(H,17,18)(H,19,20)(H,21,22)/t6-,7-,8-,25+/m0/s1. The van der Waals surface area contributed by atoms with Crippen molar-refractivity contribution in [2.75, 3.05) is 16.6 Å². The molecule has 0 saturated carbocycles. The van der Waals surface area contributed by atoms with E-state index < -0.39 is 52.7 Å². The van der Waals surface area contributed by atoms with E-state index in [9.17, 15) is 23.4 Å². The molecule has 0 unspecified atom stereocenters. The molecule has 0 fully saturated rings. The van der Waals surface area contributed by atoms with Gasteiger partial charge >= 0.3 is 17.9 Å². The maximum absolute atomic E-state index is 11.6. The summed E-state index contributed by atoms with van der Waals surface area (Å²) in [5.41, 5.74) is 10.5. The second-order valence-electron chi connectivity index (χ2n) is 4.98. The van der Waals surface area contributed by atoms with Crippen molar-refractivity contribution in [3.05, 3.63) is 0 Å². The molecule has 0 spiro atoms. The van der Waals surface area contributed by atoms with Gasteiger partial charge < -0.3 is 32.1 Å². The molecule has 144 valence electrons. The predicted octanol–water partition coefficient (Wildman–Crippen LogP) is -2.40. The maximum Gasteiger partial charge on any atom is 0.327 e. The number of aliphatic carboxylic acids is 3. The number of carboxylic acid groups (broad SMARTS) is 3. The molecule has 13 heteroatoms. The van der Waals surface area contributed by atoms with Gasteiger partial charge in [0.05, 0.1) is 10.8 Å². The van der Waals surface area contributed by atoms with Crippen molar-refractivity contribution < 1.29 is 38.7 Å². The van der Waals surface area contributed by atoms with Gasteiger partial charge in [0.2, 0.25) is 5.91 Å². The highest BCUT2D eigenvalue weighted by atomic mass is 32.2. The summed E-state index contributed by atoms with van der Waals surface area (Å²) in [6, 6.07) is -3.75. The Bertz CT molecular complexity index is 530. The van der Waals surface area contributed by atoms with Crippen LogP contribution in [0.3, 0.4) is 0 Å². The van der Waals surface area contributed by atoms with Crippen molar-refractivity contribution in [3.8, 4) is 0 Å². The zero-order chi connectivity index (χ0) is 19.6. The van der Waals surface area contributed by atoms with E-state index in [4.69, 9.17) is 26.8 Å². The van der Waals surface area contributed by atoms with Gasteiger partial charge in [-0.25, -0.2) is 4.79 Å². The molecule has 25 heavy (non-hydrogen) atoms. The number of hydrogen-bond donors (Lipinski definition) is 6. The van der Waals surface area contributed by atoms with Crippen molar-refractivity contribution in [2.45, 2.75) is 31.0 Å². The van der Waals surface area contributed by atoms with Crippen LogP contribution in [0.4, 0.5) is 0 Å². The SMILES string of the molecule is N[C@@H](CCC(=O)N[C@@H](CSC[S@](=O)C[C@H](N)C(=O)O)C(=O)O)C(=O)O. The van der Waals surface area contributed by atoms with Gasteiger partial charge in [0.15, 0.2) is 0 Å². The molecule has 8 N–H and O–H groups in total. The third-order valence-electron chi connectivity index (χ3n) is 2.81. The molecular formula is C12H21N3O8S2. The monoisotopic (exact) mass is 399 g/mol. The molecule has 0 aromatic heterocycles. The van der Waals surface area contributed by atoms with Gasteiger partial charge in [-0.3, -0.25) is 18.6 Å². The second-order valence-corrected chi connectivity index (χ2v) is 7.88. The van der Waals surface area contributed by atoms with Gasteiger partial charge in [-0.05, 0) is 6.42 Å². The molecule has 0 rings (SSSR count). The molecule has 11 nitrogen and oxygen atoms in total. The number of nitrogens with one attached hydrogen (secondary N) is 1. The van der Waals surface area contributed by atoms with Crippen molar-refractivity contribution in [1.29, 1.82) is 0 Å². The van der Waals surface area contributed by atoms with Crippen LogP contribution < -0.4 is 16.8 Å². The summed E-state index contributed by atoms with van der Waals surface area (Å²) in [4.78, 5) is 43.8. The van der Waals surface area contributed by atoms with Crippen LogP contribution in [0.1, 0.15) is 12.8 Å². The molecule has 4 atom stereocenters. The summed E-state index contributed by atoms with van der Waals surface area (Å²) in [5, 5.41) is 28.4. The predicted molar refractivity (Wildman–Crippen MR) is 90.4 cm³/mol. The van der Waals surface area contributed by atoms with Crippen LogP contribution >= 0.6 is 11.8 Å². The molecule has 0 aromatic carbocycles. The molecule has 1 amide bonds. The first-order valence-electron chi connectivity index (χ1n) is 6.96. The number of carbonyl (C=O) groups excluding carboxylic acids is 1. The number of carboxylic acids is 3. The highest BCUT2D eigenvalue weighted by Crippen LogP contribution is 2.07. The Hall–Kier alpha value is -1.70. The number of hydrogen-bond acceptors (Lipinski definition) is 8. The van der Waals surface area contributed by atoms with Gasteiger partial charge in [-0.2, -0.15) is 0 Å². The number of rotatable bonds is 13. The Morgan fingerprint density at radius 1 is 1.00 bits per heavy atom. The molecule has 0 aromatic rings. The van der Waals surface area contributed by atoms with Crippen LogP contribution in [0, 0.1) is 0 Å². The quantitative estimate of drug-likeness (QED) is 0.192. The van der Waals surface area contributed by atoms with E-state index in [1.807, 2.05) is 0 Å². The lowest BCUT2D eigenvalue weighted by molar-refractivity contribution is -0.141. The van der Waals surface area contributed by atoms with Crippen LogP contribution in [0.2, 0.25) is 0 Å². The Balaban J connectivity index is 4.28. The lowest BCUT2D eigenvalue weighted by Gasteiger charge is -2.15. The largest absolute Gasteiger partial charge is 0.480 e. The van der Waals surface area contributed by atoms with E-state index in [1.54, 1.807) is 0 Å². The topological polar surface area (TPSA) is 210 Å². The molecule has 0 aliphatic heterocycles. The average Bonchev–Trinajstić information content (AvgIpc) is 2.50. The summed E-state index contributed by atoms with van der Waals surface area (Å²) < 4.78 is 11.6. The summed E-state index contributed by atoms with van der Waals surface area (Å²) in [6.45, 7) is 0. The fourth-order valence-corrected chi connectivity index (χ4v) is 3.95. The van der Waals surface area contributed by atoms with Crippen molar-refractivity contribution in [3.63, 3.8) is 0 Å². The Kier molecular flexibility index (Phi) is 11.0. The van der Waals surface area contributed by atoms with Gasteiger partial charge in [-0.15, -0.1) is 11.8 Å². The minimum Gasteiger partial charge on any atom is -0.480 e. The zero-order valence-corrected chi connectivity index (χ0v) is 14.8. The molecule has 0 aliphatic rings. The van der Waals surface area contributed by atoms with Crippen LogP contribution in [0.5, 0.6) is 0 Å². The first-order chi connectivity index (χ1) is 11.5. The van der Waals surface area contributed by atoms with E-state index in [-0.39, 0.29) is 29.4 Å². The minimum absolute atomic E-state index is 0.0372. The molecule has 0 aliphatic carbocycles. The zero-order valence-electron chi connectivity index (χ0n) is 13.1. The number of amides is 1. The number of carbonyl (C=O) groups is 4. The van der Waals surface area contributed by atoms with E-state index in [0.29, 0.717) is 0 Å². The summed E-state index contributed by atoms with van der Waals surface area (Å²) in [7, 11) is -1.56. The Morgan fingerprint density at radius 2 is 1.56 bits per heavy atom. The lowest BCUT2D eigenvalue weighted by Crippen LogP contribution is -2.43. The summed E-state index contributed by atoms with van der Waals surface area (Å²) in [6.07, 6.45) is -0.390. The fraction of sp³-hybridized carbons (Fsp3) is 0.667. The maximum atomic E-state index is 11.6. The highest BCUT2D eigenvalue weighted by molar-refractivity contribution is 8.10. The van der Waals surface area contributed by atoms with E-state index in [0.717, 1.165) is 11.8 Å². The average molecular weight is 399 g/mol. The van der Waals surface area contributed by atoms with Crippen LogP contribution in [0.25, 0.3) is 0 Å². The van der Waals surface area contributed by atoms with Crippen LogP contribution in [0.15, 0.2) is 0 Å². The van der Waals surface area contributed by atoms with Gasteiger partial charge in [0.1, 0.15) is 18.1 Å². The van der Waals surface area contributed by atoms with Crippen molar-refractivity contribution in [1.82, 2.24) is 5.32 Å². The van der Waals surface area contributed by atoms with Crippen LogP contribution in [-0.2, 0) is 30.0 Å². The van der Waals surface area contributed by atoms with Gasteiger partial charge in [-0.1, -0.05) is 0 Å². The summed E-state index contributed by atoms with van der Waals surface area (Å²) in [5.74, 6) is -4.89. The summed E-state index contributed by atoms with van der Waals surface area (Å²) >= 11 is 0.960. The first kappa shape index (κ1) is 23.3. The van der Waals surface area contributed by atoms with Crippen molar-refractivity contribution in [2.24, 2.45) is 11.5 Å². The van der Waals surface area contributed by atoms with E-state index in [2.05, 4.69) is 5.32 Å². The fourth-order valence-electron chi connectivity index (χ4n) is 1.43. The molecule has 0 saturated heterocycles. The normalized spacial score (nSPS) is 15.6. The molecular weight excluding hydrogens is 378 g/mol. The smallest absolute Gasteiger partial charge is 0.327 e. The Labute approximate surface area is 150 Å². The third kappa shape index (κ3) is 10.7. The highest BCUT2D eigenvalue weighted by Gasteiger charge is 2.22. The third-order valence-corrected chi connectivity index (χ3v) is 5.83. The minimum atomic E-state index is -1.56. The van der Waals surface area contributed by atoms with Crippen LogP contribution in [-0.4, -0.2) is 78.1 Å². The number of thioether (sulfide) groups is 1. The number of nitrogens with two attached hydrogens (primary N) is 2. The van der Waals surface area contributed by atoms with E-state index in [1.165, 1.54) is 0 Å². The lowest BCUT2D eigenvalue weighted by atomic mass is 10.1. The molecule has 0 heterocycles. The second kappa shape index (κ2) is 11.8. The van der Waals surface area contributed by atoms with Gasteiger partial charge in [0, 0.05) is 23.0 Å². The first-order valence-corrected chi connectivity index (χ1v) is 9.60. The Morgan fingerprint density at radius 3 is 2.04 bits per heavy atom. The van der Waals surface area contributed by atoms with Gasteiger partial charge in [0.25, 0.3) is 0 Å². The molecule has 0 bridgehead atoms. The van der Waals surface area contributed by atoms with Crippen molar-refractivity contribution >= 4 is 46.4 Å². The van der Waals surface area contributed by atoms with E-state index >= 15 is 0 Å².